The largest absolute Gasteiger partial charge is 0.444 e. The van der Waals surface area contributed by atoms with Gasteiger partial charge in [-0.1, -0.05) is 18.2 Å². The average molecular weight is 340 g/mol. The van der Waals surface area contributed by atoms with Crippen LogP contribution < -0.4 is 0 Å². The zero-order valence-corrected chi connectivity index (χ0v) is 14.6. The molecule has 0 saturated carbocycles. The Morgan fingerprint density at radius 2 is 1.88 bits per heavy atom. The van der Waals surface area contributed by atoms with Crippen molar-refractivity contribution in [2.45, 2.75) is 25.4 Å². The van der Waals surface area contributed by atoms with Gasteiger partial charge in [0, 0.05) is 51.4 Å². The maximum Gasteiger partial charge on any atom is 0.320 e. The predicted molar refractivity (Wildman–Crippen MR) is 95.0 cm³/mol. The van der Waals surface area contributed by atoms with Crippen molar-refractivity contribution >= 4 is 6.03 Å². The lowest BCUT2D eigenvalue weighted by molar-refractivity contribution is 0.127. The molecule has 3 heterocycles. The van der Waals surface area contributed by atoms with Crippen molar-refractivity contribution in [2.24, 2.45) is 0 Å². The van der Waals surface area contributed by atoms with E-state index in [2.05, 4.69) is 9.88 Å². The van der Waals surface area contributed by atoms with Crippen LogP contribution in [0.3, 0.4) is 0 Å². The number of aromatic nitrogens is 1. The van der Waals surface area contributed by atoms with Gasteiger partial charge < -0.3 is 14.2 Å². The molecule has 25 heavy (non-hydrogen) atoms. The van der Waals surface area contributed by atoms with Crippen molar-refractivity contribution < 1.29 is 9.21 Å². The van der Waals surface area contributed by atoms with Crippen molar-refractivity contribution in [2.75, 3.05) is 33.2 Å². The van der Waals surface area contributed by atoms with Crippen LogP contribution >= 0.6 is 0 Å². The summed E-state index contributed by atoms with van der Waals surface area (Å²) in [6, 6.07) is 10.5. The molecule has 1 aromatic heterocycles. The molecule has 6 nitrogen and oxygen atoms in total. The van der Waals surface area contributed by atoms with Gasteiger partial charge in [0.2, 0.25) is 5.89 Å². The number of carbonyl (C=O) groups excluding carboxylic acids is 1. The molecule has 0 radical (unpaired) electrons. The number of likely N-dealkylation sites (N-methyl/N-ethyl adjacent to an activating group) is 1. The highest BCUT2D eigenvalue weighted by molar-refractivity contribution is 5.76. The lowest BCUT2D eigenvalue weighted by atomic mass is 10.0. The minimum atomic E-state index is 0.183. The Morgan fingerprint density at radius 1 is 1.12 bits per heavy atom. The molecular weight excluding hydrogens is 316 g/mol. The quantitative estimate of drug-likeness (QED) is 0.859. The molecule has 0 spiro atoms. The molecule has 0 unspecified atom stereocenters. The molecule has 2 fully saturated rings. The molecule has 0 atom stereocenters. The van der Waals surface area contributed by atoms with Gasteiger partial charge >= 0.3 is 6.03 Å². The molecule has 1 aromatic carbocycles. The maximum atomic E-state index is 12.1. The van der Waals surface area contributed by atoms with Crippen molar-refractivity contribution in [3.05, 3.63) is 42.3 Å². The van der Waals surface area contributed by atoms with Crippen LogP contribution in [0.15, 0.2) is 41.0 Å². The number of piperidine rings is 1. The highest BCUT2D eigenvalue weighted by Gasteiger charge is 2.33. The Bertz CT molecular complexity index is 722. The number of amides is 2. The minimum absolute atomic E-state index is 0.183. The highest BCUT2D eigenvalue weighted by Crippen LogP contribution is 2.23. The van der Waals surface area contributed by atoms with E-state index in [0.29, 0.717) is 11.9 Å². The number of likely N-dealkylation sites (tertiary alicyclic amines) is 1. The number of urea groups is 1. The van der Waals surface area contributed by atoms with E-state index in [0.717, 1.165) is 56.8 Å². The van der Waals surface area contributed by atoms with Gasteiger partial charge in [-0.25, -0.2) is 9.78 Å². The van der Waals surface area contributed by atoms with Crippen molar-refractivity contribution in [1.82, 2.24) is 19.7 Å². The summed E-state index contributed by atoms with van der Waals surface area (Å²) >= 11 is 0. The van der Waals surface area contributed by atoms with Crippen LogP contribution in [0, 0.1) is 0 Å². The topological polar surface area (TPSA) is 52.8 Å². The normalized spacial score (nSPS) is 19.8. The van der Waals surface area contributed by atoms with Gasteiger partial charge in [0.15, 0.2) is 0 Å². The monoisotopic (exact) mass is 340 g/mol. The standard InChI is InChI=1S/C19H24N4O2/c1-21-11-12-23(19(21)24)17-7-9-22(10-8-17)13-16-14-25-18(20-16)15-5-3-2-4-6-15/h2-6,14,17H,7-13H2,1H3. The molecule has 0 N–H and O–H groups in total. The molecule has 2 aromatic rings. The van der Waals surface area contributed by atoms with Crippen LogP contribution in [0.5, 0.6) is 0 Å². The SMILES string of the molecule is CN1CCN(C2CCN(Cc3coc(-c4ccccc4)n3)CC2)C1=O. The highest BCUT2D eigenvalue weighted by atomic mass is 16.3. The predicted octanol–water partition coefficient (Wildman–Crippen LogP) is 2.67. The number of benzene rings is 1. The van der Waals surface area contributed by atoms with Gasteiger partial charge in [-0.15, -0.1) is 0 Å². The molecule has 0 bridgehead atoms. The van der Waals surface area contributed by atoms with E-state index >= 15 is 0 Å². The van der Waals surface area contributed by atoms with E-state index in [1.165, 1.54) is 0 Å². The van der Waals surface area contributed by atoms with Gasteiger partial charge in [-0.3, -0.25) is 4.90 Å². The number of nitrogens with zero attached hydrogens (tertiary/aromatic N) is 4. The number of carbonyl (C=O) groups is 1. The van der Waals surface area contributed by atoms with Crippen LogP contribution in [0.25, 0.3) is 11.5 Å². The summed E-state index contributed by atoms with van der Waals surface area (Å²) in [5.74, 6) is 0.677. The van der Waals surface area contributed by atoms with E-state index in [9.17, 15) is 4.79 Å². The first kappa shape index (κ1) is 16.1. The van der Waals surface area contributed by atoms with Gasteiger partial charge in [-0.05, 0) is 25.0 Å². The lowest BCUT2D eigenvalue weighted by Crippen LogP contribution is -2.46. The maximum absolute atomic E-state index is 12.1. The number of oxazole rings is 1. The smallest absolute Gasteiger partial charge is 0.320 e. The summed E-state index contributed by atoms with van der Waals surface area (Å²) < 4.78 is 5.62. The van der Waals surface area contributed by atoms with Crippen molar-refractivity contribution in [3.8, 4) is 11.5 Å². The second-order valence-electron chi connectivity index (χ2n) is 6.91. The number of rotatable bonds is 4. The molecule has 2 aliphatic heterocycles. The van der Waals surface area contributed by atoms with E-state index in [4.69, 9.17) is 4.42 Å². The summed E-state index contributed by atoms with van der Waals surface area (Å²) in [5.41, 5.74) is 1.97. The minimum Gasteiger partial charge on any atom is -0.444 e. The lowest BCUT2D eigenvalue weighted by Gasteiger charge is -2.36. The van der Waals surface area contributed by atoms with E-state index < -0.39 is 0 Å². The molecule has 4 rings (SSSR count). The second-order valence-corrected chi connectivity index (χ2v) is 6.91. The Morgan fingerprint density at radius 3 is 2.56 bits per heavy atom. The van der Waals surface area contributed by atoms with Crippen LogP contribution in [-0.2, 0) is 6.54 Å². The second kappa shape index (κ2) is 6.88. The Hall–Kier alpha value is -2.34. The Kier molecular flexibility index (Phi) is 4.44. The summed E-state index contributed by atoms with van der Waals surface area (Å²) in [6.07, 6.45) is 3.82. The van der Waals surface area contributed by atoms with Crippen LogP contribution in [0.2, 0.25) is 0 Å². The molecule has 132 valence electrons. The van der Waals surface area contributed by atoms with Gasteiger partial charge in [0.1, 0.15) is 6.26 Å². The van der Waals surface area contributed by atoms with Gasteiger partial charge in [0.25, 0.3) is 0 Å². The molecule has 2 saturated heterocycles. The van der Waals surface area contributed by atoms with Gasteiger partial charge in [0.05, 0.1) is 5.69 Å². The van der Waals surface area contributed by atoms with E-state index in [-0.39, 0.29) is 6.03 Å². The van der Waals surface area contributed by atoms with Gasteiger partial charge in [-0.2, -0.15) is 0 Å². The molecule has 0 aliphatic carbocycles. The first-order valence-corrected chi connectivity index (χ1v) is 8.94. The number of hydrogen-bond acceptors (Lipinski definition) is 4. The summed E-state index contributed by atoms with van der Waals surface area (Å²) in [6.45, 7) is 4.50. The first-order valence-electron chi connectivity index (χ1n) is 8.94. The fraction of sp³-hybridized carbons (Fsp3) is 0.474. The van der Waals surface area contributed by atoms with Crippen molar-refractivity contribution in [3.63, 3.8) is 0 Å². The van der Waals surface area contributed by atoms with Crippen LogP contribution in [0.1, 0.15) is 18.5 Å². The number of hydrogen-bond donors (Lipinski definition) is 0. The molecular formula is C19H24N4O2. The summed E-state index contributed by atoms with van der Waals surface area (Å²) in [7, 11) is 1.88. The Balaban J connectivity index is 1.32. The zero-order valence-electron chi connectivity index (χ0n) is 14.6. The van der Waals surface area contributed by atoms with Crippen molar-refractivity contribution in [1.29, 1.82) is 0 Å². The fourth-order valence-corrected chi connectivity index (χ4v) is 3.72. The van der Waals surface area contributed by atoms with Crippen LogP contribution in [-0.4, -0.2) is 65.0 Å². The third-order valence-electron chi connectivity index (χ3n) is 5.20. The molecule has 2 amide bonds. The summed E-state index contributed by atoms with van der Waals surface area (Å²) in [4.78, 5) is 23.0. The molecule has 6 heteroatoms. The third kappa shape index (κ3) is 3.39. The molecule has 2 aliphatic rings. The van der Waals surface area contributed by atoms with Crippen LogP contribution in [0.4, 0.5) is 4.79 Å². The average Bonchev–Trinajstić information content (AvgIpc) is 3.24. The van der Waals surface area contributed by atoms with E-state index in [1.807, 2.05) is 47.2 Å². The fourth-order valence-electron chi connectivity index (χ4n) is 3.72. The zero-order chi connectivity index (χ0) is 17.2. The Labute approximate surface area is 148 Å². The third-order valence-corrected chi connectivity index (χ3v) is 5.20. The summed E-state index contributed by atoms with van der Waals surface area (Å²) in [5, 5.41) is 0. The first-order chi connectivity index (χ1) is 12.2. The van der Waals surface area contributed by atoms with E-state index in [1.54, 1.807) is 6.26 Å².